The Balaban J connectivity index is 1.79. The number of carbonyl (C=O) groups excluding carboxylic acids is 1. The lowest BCUT2D eigenvalue weighted by Crippen LogP contribution is -2.29. The second-order valence-electron chi connectivity index (χ2n) is 7.90. The molecule has 6 heteroatoms. The highest BCUT2D eigenvalue weighted by atomic mass is 32.2. The molecule has 0 fully saturated rings. The maximum Gasteiger partial charge on any atom is 0.251 e. The van der Waals surface area contributed by atoms with E-state index >= 15 is 0 Å². The van der Waals surface area contributed by atoms with Crippen LogP contribution in [0.15, 0.2) is 36.4 Å². The van der Waals surface area contributed by atoms with Gasteiger partial charge in [0.25, 0.3) is 5.91 Å². The van der Waals surface area contributed by atoms with Crippen LogP contribution in [0.3, 0.4) is 0 Å². The van der Waals surface area contributed by atoms with Crippen LogP contribution in [0.4, 0.5) is 5.69 Å². The summed E-state index contributed by atoms with van der Waals surface area (Å²) >= 11 is 0. The molecule has 1 aliphatic carbocycles. The molecule has 2 aromatic rings. The van der Waals surface area contributed by atoms with Crippen LogP contribution in [0, 0.1) is 6.92 Å². The number of aryl methyl sites for hydroxylation is 3. The monoisotopic (exact) mass is 414 g/mol. The lowest BCUT2D eigenvalue weighted by molar-refractivity contribution is 0.0935. The molecule has 0 saturated heterocycles. The van der Waals surface area contributed by atoms with Crippen molar-refractivity contribution in [3.63, 3.8) is 0 Å². The van der Waals surface area contributed by atoms with Crippen LogP contribution in [0.1, 0.15) is 64.8 Å². The minimum absolute atomic E-state index is 0.0478. The molecule has 0 aromatic heterocycles. The first-order valence-corrected chi connectivity index (χ1v) is 12.0. The second kappa shape index (κ2) is 8.57. The Labute approximate surface area is 174 Å². The zero-order valence-electron chi connectivity index (χ0n) is 17.7. The normalized spacial score (nSPS) is 14.8. The van der Waals surface area contributed by atoms with Crippen LogP contribution < -0.4 is 9.62 Å². The molecule has 1 unspecified atom stereocenters. The van der Waals surface area contributed by atoms with Gasteiger partial charge >= 0.3 is 0 Å². The van der Waals surface area contributed by atoms with Crippen LogP contribution in [-0.2, 0) is 22.9 Å². The van der Waals surface area contributed by atoms with Crippen molar-refractivity contribution in [3.8, 4) is 0 Å². The van der Waals surface area contributed by atoms with Crippen molar-refractivity contribution in [3.05, 3.63) is 64.2 Å². The van der Waals surface area contributed by atoms with Crippen molar-refractivity contribution < 1.29 is 13.2 Å². The fraction of sp³-hybridized carbons (Fsp3) is 0.435. The largest absolute Gasteiger partial charge is 0.345 e. The van der Waals surface area contributed by atoms with Crippen molar-refractivity contribution >= 4 is 21.6 Å². The molecule has 0 spiro atoms. The highest BCUT2D eigenvalue weighted by Crippen LogP contribution is 2.27. The van der Waals surface area contributed by atoms with E-state index in [4.69, 9.17) is 0 Å². The molecular formula is C23H30N2O3S. The topological polar surface area (TPSA) is 66.5 Å². The summed E-state index contributed by atoms with van der Waals surface area (Å²) < 4.78 is 24.8. The predicted octanol–water partition coefficient (Wildman–Crippen LogP) is 4.15. The van der Waals surface area contributed by atoms with Crippen molar-refractivity contribution in [2.75, 3.05) is 17.6 Å². The van der Waals surface area contributed by atoms with Crippen molar-refractivity contribution in [2.45, 2.75) is 52.0 Å². The Morgan fingerprint density at radius 1 is 1.10 bits per heavy atom. The highest BCUT2D eigenvalue weighted by molar-refractivity contribution is 7.92. The molecule has 3 rings (SSSR count). The van der Waals surface area contributed by atoms with E-state index < -0.39 is 10.0 Å². The van der Waals surface area contributed by atoms with E-state index in [1.54, 1.807) is 18.2 Å². The Bertz CT molecular complexity index is 1010. The van der Waals surface area contributed by atoms with Gasteiger partial charge in [-0.1, -0.05) is 25.1 Å². The minimum Gasteiger partial charge on any atom is -0.345 e. The van der Waals surface area contributed by atoms with Gasteiger partial charge < -0.3 is 5.32 Å². The number of hydrogen-bond acceptors (Lipinski definition) is 3. The van der Waals surface area contributed by atoms with E-state index in [0.717, 1.165) is 36.6 Å². The highest BCUT2D eigenvalue weighted by Gasteiger charge is 2.19. The molecule has 29 heavy (non-hydrogen) atoms. The first-order chi connectivity index (χ1) is 13.7. The number of amides is 1. The van der Waals surface area contributed by atoms with Crippen LogP contribution in [0.25, 0.3) is 0 Å². The molecule has 156 valence electrons. The first kappa shape index (κ1) is 21.4. The van der Waals surface area contributed by atoms with E-state index in [2.05, 4.69) is 30.4 Å². The number of nitrogens with zero attached hydrogens (tertiary/aromatic N) is 1. The zero-order chi connectivity index (χ0) is 21.2. The van der Waals surface area contributed by atoms with Crippen LogP contribution in [0.5, 0.6) is 0 Å². The fourth-order valence-electron chi connectivity index (χ4n) is 3.96. The van der Waals surface area contributed by atoms with Crippen molar-refractivity contribution in [1.29, 1.82) is 0 Å². The third-order valence-corrected chi connectivity index (χ3v) is 6.98. The number of sulfonamides is 1. The number of carbonyl (C=O) groups is 1. The van der Waals surface area contributed by atoms with E-state index in [1.165, 1.54) is 35.3 Å². The van der Waals surface area contributed by atoms with Gasteiger partial charge in [0.15, 0.2) is 0 Å². The molecule has 0 bridgehead atoms. The summed E-state index contributed by atoms with van der Waals surface area (Å²) in [5.41, 5.74) is 5.84. The molecule has 1 aliphatic rings. The van der Waals surface area contributed by atoms with Crippen LogP contribution >= 0.6 is 0 Å². The lowest BCUT2D eigenvalue weighted by Gasteiger charge is -2.22. The molecular weight excluding hydrogens is 384 g/mol. The Morgan fingerprint density at radius 2 is 1.79 bits per heavy atom. The summed E-state index contributed by atoms with van der Waals surface area (Å²) in [5, 5.41) is 3.14. The second-order valence-corrected chi connectivity index (χ2v) is 9.92. The van der Waals surface area contributed by atoms with Crippen LogP contribution in [-0.4, -0.2) is 27.6 Å². The van der Waals surface area contributed by atoms with E-state index in [-0.39, 0.29) is 11.9 Å². The Hall–Kier alpha value is -2.34. The summed E-state index contributed by atoms with van der Waals surface area (Å²) in [6, 6.07) is 11.6. The number of hydrogen-bond donors (Lipinski definition) is 1. The van der Waals surface area contributed by atoms with E-state index in [1.807, 2.05) is 6.92 Å². The van der Waals surface area contributed by atoms with Gasteiger partial charge in [0.2, 0.25) is 10.0 Å². The molecule has 0 aliphatic heterocycles. The average Bonchev–Trinajstić information content (AvgIpc) is 2.70. The maximum atomic E-state index is 12.9. The SMILES string of the molecule is CCC(NC(=O)c1ccc(N(C)S(C)(=O)=O)c(C)c1)c1ccc2c(c1)CCCC2. The van der Waals surface area contributed by atoms with Gasteiger partial charge in [-0.25, -0.2) is 8.42 Å². The number of nitrogens with one attached hydrogen (secondary N) is 1. The third kappa shape index (κ3) is 4.81. The standard InChI is InChI=1S/C23H30N2O3S/c1-5-21(19-11-10-17-8-6-7-9-18(17)15-19)24-23(26)20-12-13-22(16(2)14-20)25(3)29(4,27)28/h10-15,21H,5-9H2,1-4H3,(H,24,26). The van der Waals surface area contributed by atoms with Gasteiger partial charge in [0, 0.05) is 12.6 Å². The summed E-state index contributed by atoms with van der Waals surface area (Å²) in [6.07, 6.45) is 6.71. The summed E-state index contributed by atoms with van der Waals surface area (Å²) in [7, 11) is -1.83. The van der Waals surface area contributed by atoms with E-state index in [0.29, 0.717) is 11.3 Å². The number of benzene rings is 2. The minimum atomic E-state index is -3.35. The average molecular weight is 415 g/mol. The summed E-state index contributed by atoms with van der Waals surface area (Å²) in [6.45, 7) is 3.88. The smallest absolute Gasteiger partial charge is 0.251 e. The number of fused-ring (bicyclic) bond motifs is 1. The van der Waals surface area contributed by atoms with Crippen molar-refractivity contribution in [1.82, 2.24) is 5.32 Å². The third-order valence-electron chi connectivity index (χ3n) is 5.78. The quantitative estimate of drug-likeness (QED) is 0.772. The predicted molar refractivity (Wildman–Crippen MR) is 118 cm³/mol. The molecule has 5 nitrogen and oxygen atoms in total. The Morgan fingerprint density at radius 3 is 2.41 bits per heavy atom. The summed E-state index contributed by atoms with van der Waals surface area (Å²) in [5.74, 6) is -0.147. The van der Waals surface area contributed by atoms with Gasteiger partial charge in [0.1, 0.15) is 0 Å². The maximum absolute atomic E-state index is 12.9. The Kier molecular flexibility index (Phi) is 6.32. The van der Waals surface area contributed by atoms with Gasteiger partial charge in [-0.3, -0.25) is 9.10 Å². The van der Waals surface area contributed by atoms with Gasteiger partial charge in [0.05, 0.1) is 18.0 Å². The number of anilines is 1. The fourth-order valence-corrected chi connectivity index (χ4v) is 4.52. The zero-order valence-corrected chi connectivity index (χ0v) is 18.5. The molecule has 1 amide bonds. The van der Waals surface area contributed by atoms with Crippen LogP contribution in [0.2, 0.25) is 0 Å². The first-order valence-electron chi connectivity index (χ1n) is 10.2. The molecule has 2 aromatic carbocycles. The summed E-state index contributed by atoms with van der Waals surface area (Å²) in [4.78, 5) is 12.9. The van der Waals surface area contributed by atoms with Gasteiger partial charge in [-0.05, 0) is 79.5 Å². The molecule has 0 heterocycles. The lowest BCUT2D eigenvalue weighted by atomic mass is 9.88. The molecule has 1 atom stereocenters. The van der Waals surface area contributed by atoms with Gasteiger partial charge in [-0.2, -0.15) is 0 Å². The van der Waals surface area contributed by atoms with E-state index in [9.17, 15) is 13.2 Å². The molecule has 0 radical (unpaired) electrons. The number of rotatable bonds is 6. The van der Waals surface area contributed by atoms with Gasteiger partial charge in [-0.15, -0.1) is 0 Å². The molecule has 0 saturated carbocycles. The van der Waals surface area contributed by atoms with Crippen molar-refractivity contribution in [2.24, 2.45) is 0 Å². The molecule has 1 N–H and O–H groups in total.